The second-order valence-electron chi connectivity index (χ2n) is 7.59. The number of hydrogen-bond acceptors (Lipinski definition) is 4. The van der Waals surface area contributed by atoms with E-state index in [4.69, 9.17) is 14.2 Å². The molecule has 1 aromatic carbocycles. The summed E-state index contributed by atoms with van der Waals surface area (Å²) in [5.74, 6) is 2.83. The Kier molecular flexibility index (Phi) is 11.5. The molecule has 0 heterocycles. The van der Waals surface area contributed by atoms with Gasteiger partial charge >= 0.3 is 0 Å². The molecule has 1 rings (SSSR count). The summed E-state index contributed by atoms with van der Waals surface area (Å²) >= 11 is 0. The molecule has 0 aliphatic carbocycles. The fourth-order valence-corrected chi connectivity index (χ4v) is 2.56. The second kappa shape index (κ2) is 12.2. The molecule has 156 valence electrons. The van der Waals surface area contributed by atoms with Crippen molar-refractivity contribution in [2.75, 3.05) is 28.4 Å². The van der Waals surface area contributed by atoms with E-state index < -0.39 is 0 Å². The van der Waals surface area contributed by atoms with Crippen LogP contribution in [0.25, 0.3) is 0 Å². The number of guanidine groups is 1. The van der Waals surface area contributed by atoms with Gasteiger partial charge in [-0.1, -0.05) is 20.8 Å². The van der Waals surface area contributed by atoms with Crippen LogP contribution in [-0.4, -0.2) is 40.4 Å². The van der Waals surface area contributed by atoms with E-state index in [1.165, 1.54) is 0 Å². The molecule has 27 heavy (non-hydrogen) atoms. The van der Waals surface area contributed by atoms with Crippen molar-refractivity contribution in [1.29, 1.82) is 0 Å². The fraction of sp³-hybridized carbons (Fsp3) is 0.650. The molecule has 6 nitrogen and oxygen atoms in total. The van der Waals surface area contributed by atoms with Crippen molar-refractivity contribution in [3.63, 3.8) is 0 Å². The lowest BCUT2D eigenvalue weighted by Gasteiger charge is -2.23. The van der Waals surface area contributed by atoms with E-state index in [-0.39, 0.29) is 24.0 Å². The maximum atomic E-state index is 5.47. The molecule has 1 aromatic rings. The largest absolute Gasteiger partial charge is 0.496 e. The second-order valence-corrected chi connectivity index (χ2v) is 7.59. The Balaban J connectivity index is 0.00000676. The molecule has 0 amide bonds. The average Bonchev–Trinajstić information content (AvgIpc) is 2.61. The van der Waals surface area contributed by atoms with Crippen molar-refractivity contribution >= 4 is 29.9 Å². The maximum Gasteiger partial charge on any atom is 0.191 e. The number of nitrogens with one attached hydrogen (secondary N) is 2. The lowest BCUT2D eigenvalue weighted by molar-refractivity contribution is 0.345. The Morgan fingerprint density at radius 2 is 1.59 bits per heavy atom. The van der Waals surface area contributed by atoms with Crippen LogP contribution in [0.5, 0.6) is 17.2 Å². The lowest BCUT2D eigenvalue weighted by Crippen LogP contribution is -2.42. The van der Waals surface area contributed by atoms with Gasteiger partial charge in [0.15, 0.2) is 17.5 Å². The van der Waals surface area contributed by atoms with Crippen molar-refractivity contribution in [1.82, 2.24) is 10.6 Å². The number of nitrogens with zero attached hydrogens (tertiary/aromatic N) is 1. The monoisotopic (exact) mass is 493 g/mol. The third-order valence-corrected chi connectivity index (χ3v) is 4.17. The van der Waals surface area contributed by atoms with Crippen molar-refractivity contribution in [2.45, 2.75) is 53.1 Å². The highest BCUT2D eigenvalue weighted by atomic mass is 127. The molecule has 0 bridgehead atoms. The highest BCUT2D eigenvalue weighted by Crippen LogP contribution is 2.34. The van der Waals surface area contributed by atoms with Crippen LogP contribution in [0.1, 0.15) is 46.1 Å². The van der Waals surface area contributed by atoms with Crippen LogP contribution >= 0.6 is 24.0 Å². The maximum absolute atomic E-state index is 5.47. The molecule has 0 spiro atoms. The number of aliphatic imine (C=N–C) groups is 1. The SMILES string of the molecule is CN=C(NCc1cc(OC)c(OC)cc1OC)NC(C)CCC(C)(C)C.I. The molecule has 2 N–H and O–H groups in total. The minimum atomic E-state index is 0. The summed E-state index contributed by atoms with van der Waals surface area (Å²) in [5, 5.41) is 6.78. The van der Waals surface area contributed by atoms with Gasteiger partial charge in [-0.3, -0.25) is 4.99 Å². The molecule has 0 aliphatic heterocycles. The summed E-state index contributed by atoms with van der Waals surface area (Å²) in [6.45, 7) is 9.52. The van der Waals surface area contributed by atoms with Gasteiger partial charge in [0.25, 0.3) is 0 Å². The molecule has 0 radical (unpaired) electrons. The van der Waals surface area contributed by atoms with Crippen LogP contribution < -0.4 is 24.8 Å². The van der Waals surface area contributed by atoms with E-state index in [0.717, 1.165) is 30.1 Å². The van der Waals surface area contributed by atoms with Crippen LogP contribution in [0.15, 0.2) is 17.1 Å². The zero-order valence-electron chi connectivity index (χ0n) is 17.9. The van der Waals surface area contributed by atoms with Crippen molar-refractivity contribution in [3.05, 3.63) is 17.7 Å². The number of benzene rings is 1. The minimum Gasteiger partial charge on any atom is -0.496 e. The number of ether oxygens (including phenoxy) is 3. The van der Waals surface area contributed by atoms with Gasteiger partial charge in [0.2, 0.25) is 0 Å². The van der Waals surface area contributed by atoms with Gasteiger partial charge in [-0.15, -0.1) is 24.0 Å². The Morgan fingerprint density at radius 1 is 1.04 bits per heavy atom. The normalized spacial score (nSPS) is 12.7. The Hall–Kier alpha value is -1.38. The topological polar surface area (TPSA) is 64.1 Å². The molecular weight excluding hydrogens is 457 g/mol. The Bertz CT molecular complexity index is 601. The standard InChI is InChI=1S/C20H35N3O3.HI/c1-14(9-10-20(2,3)4)23-19(21-5)22-13-15-11-17(25-7)18(26-8)12-16(15)24-6;/h11-12,14H,9-10,13H2,1-8H3,(H2,21,22,23);1H. The summed E-state index contributed by atoms with van der Waals surface area (Å²) in [5.41, 5.74) is 1.30. The van der Waals surface area contributed by atoms with Crippen LogP contribution in [0.3, 0.4) is 0 Å². The summed E-state index contributed by atoms with van der Waals surface area (Å²) in [6.07, 6.45) is 2.24. The summed E-state index contributed by atoms with van der Waals surface area (Å²) in [6, 6.07) is 4.09. The molecule has 0 saturated heterocycles. The van der Waals surface area contributed by atoms with Gasteiger partial charge in [-0.25, -0.2) is 0 Å². The highest BCUT2D eigenvalue weighted by Gasteiger charge is 2.15. The molecule has 1 atom stereocenters. The summed E-state index contributed by atoms with van der Waals surface area (Å²) in [7, 11) is 6.66. The van der Waals surface area contributed by atoms with Gasteiger partial charge in [-0.05, 0) is 31.2 Å². The highest BCUT2D eigenvalue weighted by molar-refractivity contribution is 14.0. The number of halogens is 1. The van der Waals surface area contributed by atoms with Gasteiger partial charge in [0.1, 0.15) is 5.75 Å². The first-order valence-electron chi connectivity index (χ1n) is 9.00. The first-order chi connectivity index (χ1) is 12.2. The van der Waals surface area contributed by atoms with E-state index in [1.807, 2.05) is 12.1 Å². The van der Waals surface area contributed by atoms with Crippen LogP contribution in [-0.2, 0) is 6.54 Å². The predicted molar refractivity (Wildman–Crippen MR) is 123 cm³/mol. The zero-order valence-corrected chi connectivity index (χ0v) is 20.3. The summed E-state index contributed by atoms with van der Waals surface area (Å²) < 4.78 is 16.2. The molecule has 1 unspecified atom stereocenters. The number of methoxy groups -OCH3 is 3. The lowest BCUT2D eigenvalue weighted by atomic mass is 9.89. The fourth-order valence-electron chi connectivity index (χ4n) is 2.56. The van der Waals surface area contributed by atoms with Gasteiger partial charge in [0.05, 0.1) is 21.3 Å². The summed E-state index contributed by atoms with van der Waals surface area (Å²) in [4.78, 5) is 4.32. The quantitative estimate of drug-likeness (QED) is 0.323. The van der Waals surface area contributed by atoms with E-state index >= 15 is 0 Å². The number of rotatable bonds is 8. The van der Waals surface area contributed by atoms with E-state index in [0.29, 0.717) is 29.5 Å². The van der Waals surface area contributed by atoms with Crippen molar-refractivity contribution < 1.29 is 14.2 Å². The molecule has 0 saturated carbocycles. The van der Waals surface area contributed by atoms with Crippen LogP contribution in [0.4, 0.5) is 0 Å². The molecule has 0 aliphatic rings. The average molecular weight is 493 g/mol. The van der Waals surface area contributed by atoms with Gasteiger partial charge in [-0.2, -0.15) is 0 Å². The Labute approximate surface area is 181 Å². The molecular formula is C20H36IN3O3. The third-order valence-electron chi connectivity index (χ3n) is 4.17. The first-order valence-corrected chi connectivity index (χ1v) is 9.00. The smallest absolute Gasteiger partial charge is 0.191 e. The first kappa shape index (κ1) is 25.6. The van der Waals surface area contributed by atoms with Crippen LogP contribution in [0, 0.1) is 5.41 Å². The molecule has 0 aromatic heterocycles. The van der Waals surface area contributed by atoms with Crippen LogP contribution in [0.2, 0.25) is 0 Å². The zero-order chi connectivity index (χ0) is 19.7. The van der Waals surface area contributed by atoms with E-state index in [9.17, 15) is 0 Å². The van der Waals surface area contributed by atoms with Crippen molar-refractivity contribution in [2.24, 2.45) is 10.4 Å². The third kappa shape index (κ3) is 8.90. The minimum absolute atomic E-state index is 0. The van der Waals surface area contributed by atoms with Gasteiger partial charge in [0, 0.05) is 31.3 Å². The van der Waals surface area contributed by atoms with E-state index in [2.05, 4.69) is 43.3 Å². The van der Waals surface area contributed by atoms with E-state index in [1.54, 1.807) is 28.4 Å². The van der Waals surface area contributed by atoms with Crippen molar-refractivity contribution in [3.8, 4) is 17.2 Å². The Morgan fingerprint density at radius 3 is 2.07 bits per heavy atom. The predicted octanol–water partition coefficient (Wildman–Crippen LogP) is 4.21. The van der Waals surface area contributed by atoms with Gasteiger partial charge < -0.3 is 24.8 Å². The molecule has 0 fully saturated rings. The molecule has 7 heteroatoms. The number of hydrogen-bond donors (Lipinski definition) is 2.